The van der Waals surface area contributed by atoms with Crippen LogP contribution in [0.1, 0.15) is 240 Å². The normalized spacial score (nSPS) is 13.1. The molecule has 0 amide bonds. The summed E-state index contributed by atoms with van der Waals surface area (Å²) < 4.78 is 12.5. The summed E-state index contributed by atoms with van der Waals surface area (Å²) in [5, 5.41) is 10.1. The lowest BCUT2D eigenvalue weighted by molar-refractivity contribution is -0.101. The molecule has 0 bridgehead atoms. The van der Waals surface area contributed by atoms with E-state index in [1.165, 1.54) is 193 Å². The van der Waals surface area contributed by atoms with Gasteiger partial charge in [0.25, 0.3) is 0 Å². The van der Waals surface area contributed by atoms with Crippen molar-refractivity contribution in [1.29, 1.82) is 0 Å². The van der Waals surface area contributed by atoms with Gasteiger partial charge in [0.1, 0.15) is 6.10 Å². The zero-order valence-electron chi connectivity index (χ0n) is 33.4. The molecule has 2 atom stereocenters. The van der Waals surface area contributed by atoms with Gasteiger partial charge in [0.2, 0.25) is 0 Å². The third-order valence-electron chi connectivity index (χ3n) is 9.98. The van der Waals surface area contributed by atoms with Crippen molar-refractivity contribution in [1.82, 2.24) is 0 Å². The van der Waals surface area contributed by atoms with Gasteiger partial charge in [-0.3, -0.25) is 0 Å². The number of hydrogen-bond donors (Lipinski definition) is 2. The van der Waals surface area contributed by atoms with E-state index < -0.39 is 0 Å². The van der Waals surface area contributed by atoms with Crippen molar-refractivity contribution >= 4 is 17.0 Å². The Morgan fingerprint density at radius 3 is 0.875 bits per heavy atom. The highest BCUT2D eigenvalue weighted by molar-refractivity contribution is 8.93. The Labute approximate surface area is 313 Å². The fourth-order valence-corrected chi connectivity index (χ4v) is 6.86. The first-order valence-corrected chi connectivity index (χ1v) is 21.6. The SMILES string of the molecule is Br.CCCCCCCCCCCCCCCCCCOC(CO)C(CC(C)(C)N)OCCCCCCCCCCCCCCCCCC. The topological polar surface area (TPSA) is 64.7 Å². The van der Waals surface area contributed by atoms with Crippen LogP contribution >= 0.6 is 17.0 Å². The fourth-order valence-electron chi connectivity index (χ4n) is 6.86. The second-order valence-electron chi connectivity index (χ2n) is 15.8. The molecule has 5 heteroatoms. The smallest absolute Gasteiger partial charge is 0.107 e. The Bertz CT molecular complexity index is 585. The van der Waals surface area contributed by atoms with Gasteiger partial charge in [0.15, 0.2) is 0 Å². The van der Waals surface area contributed by atoms with Crippen LogP contribution in [0.2, 0.25) is 0 Å². The first-order chi connectivity index (χ1) is 22.9. The van der Waals surface area contributed by atoms with E-state index in [9.17, 15) is 5.11 Å². The minimum absolute atomic E-state index is 0. The van der Waals surface area contributed by atoms with Crippen molar-refractivity contribution in [2.45, 2.75) is 257 Å². The van der Waals surface area contributed by atoms with Crippen molar-refractivity contribution < 1.29 is 14.6 Å². The van der Waals surface area contributed by atoms with Crippen molar-refractivity contribution in [3.05, 3.63) is 0 Å². The molecule has 0 aromatic carbocycles. The van der Waals surface area contributed by atoms with Gasteiger partial charge in [-0.05, 0) is 33.1 Å². The zero-order valence-corrected chi connectivity index (χ0v) is 35.1. The molecular weight excluding hydrogens is 658 g/mol. The van der Waals surface area contributed by atoms with E-state index in [0.717, 1.165) is 19.4 Å². The van der Waals surface area contributed by atoms with Gasteiger partial charge in [-0.1, -0.05) is 206 Å². The molecule has 0 radical (unpaired) electrons. The number of aliphatic hydroxyl groups is 1. The highest BCUT2D eigenvalue weighted by Gasteiger charge is 2.28. The van der Waals surface area contributed by atoms with Crippen molar-refractivity contribution in [3.8, 4) is 0 Å². The summed E-state index contributed by atoms with van der Waals surface area (Å²) in [5.74, 6) is 0. The molecule has 0 aliphatic carbocycles. The van der Waals surface area contributed by atoms with Crippen LogP contribution in [-0.2, 0) is 9.47 Å². The van der Waals surface area contributed by atoms with E-state index in [1.54, 1.807) is 0 Å². The number of halogens is 1. The summed E-state index contributed by atoms with van der Waals surface area (Å²) in [6.45, 7) is 10.1. The van der Waals surface area contributed by atoms with Crippen LogP contribution in [-0.4, -0.2) is 42.7 Å². The first-order valence-electron chi connectivity index (χ1n) is 21.6. The molecule has 0 aromatic heterocycles. The molecule has 0 spiro atoms. The van der Waals surface area contributed by atoms with Crippen LogP contribution in [0, 0.1) is 0 Å². The molecule has 4 nitrogen and oxygen atoms in total. The number of nitrogens with two attached hydrogens (primary N) is 1. The maximum atomic E-state index is 10.1. The molecule has 48 heavy (non-hydrogen) atoms. The monoisotopic (exact) mass is 748 g/mol. The average Bonchev–Trinajstić information content (AvgIpc) is 3.04. The third-order valence-corrected chi connectivity index (χ3v) is 9.98. The average molecular weight is 749 g/mol. The molecule has 292 valence electrons. The van der Waals surface area contributed by atoms with Crippen LogP contribution in [0.5, 0.6) is 0 Å². The van der Waals surface area contributed by atoms with Crippen molar-refractivity contribution in [3.63, 3.8) is 0 Å². The molecule has 0 heterocycles. The fraction of sp³-hybridized carbons (Fsp3) is 1.00. The molecule has 0 saturated carbocycles. The van der Waals surface area contributed by atoms with E-state index in [4.69, 9.17) is 15.2 Å². The molecule has 0 aliphatic rings. The minimum Gasteiger partial charge on any atom is -0.394 e. The number of ether oxygens (including phenoxy) is 2. The summed E-state index contributed by atoms with van der Waals surface area (Å²) in [4.78, 5) is 0. The summed E-state index contributed by atoms with van der Waals surface area (Å²) in [6.07, 6.45) is 44.2. The lowest BCUT2D eigenvalue weighted by Gasteiger charge is -2.31. The third kappa shape index (κ3) is 39.1. The van der Waals surface area contributed by atoms with Crippen LogP contribution in [0.15, 0.2) is 0 Å². The van der Waals surface area contributed by atoms with E-state index in [2.05, 4.69) is 13.8 Å². The van der Waals surface area contributed by atoms with Gasteiger partial charge in [0.05, 0.1) is 12.7 Å². The van der Waals surface area contributed by atoms with Crippen molar-refractivity contribution in [2.24, 2.45) is 5.73 Å². The standard InChI is InChI=1S/C43H89NO3.BrH/c1-5-7-9-11-13-15-17-19-21-23-25-27-29-31-33-35-37-46-41(39-43(3,4)44)42(40-45)47-38-36-34-32-30-28-26-24-22-20-18-16-14-12-10-8-6-2;/h41-42,45H,5-40,44H2,1-4H3;1H. The second kappa shape index (κ2) is 40.1. The number of aliphatic hydroxyl groups excluding tert-OH is 1. The highest BCUT2D eigenvalue weighted by atomic mass is 79.9. The van der Waals surface area contributed by atoms with Crippen molar-refractivity contribution in [2.75, 3.05) is 19.8 Å². The Morgan fingerprint density at radius 2 is 0.646 bits per heavy atom. The Hall–Kier alpha value is 0.320. The zero-order chi connectivity index (χ0) is 34.5. The summed E-state index contributed by atoms with van der Waals surface area (Å²) in [5.41, 5.74) is 6.03. The van der Waals surface area contributed by atoms with Gasteiger partial charge >= 0.3 is 0 Å². The molecule has 0 saturated heterocycles. The molecule has 0 fully saturated rings. The molecule has 3 N–H and O–H groups in total. The van der Waals surface area contributed by atoms with Crippen LogP contribution in [0.4, 0.5) is 0 Å². The van der Waals surface area contributed by atoms with E-state index in [1.807, 2.05) is 13.8 Å². The van der Waals surface area contributed by atoms with Gasteiger partial charge < -0.3 is 20.3 Å². The predicted molar refractivity (Wildman–Crippen MR) is 219 cm³/mol. The van der Waals surface area contributed by atoms with Gasteiger partial charge in [0, 0.05) is 18.8 Å². The first kappa shape index (κ1) is 50.4. The minimum atomic E-state index is -0.343. The molecular formula is C43H90BrNO3. The highest BCUT2D eigenvalue weighted by Crippen LogP contribution is 2.19. The maximum Gasteiger partial charge on any atom is 0.107 e. The summed E-state index contributed by atoms with van der Waals surface area (Å²) >= 11 is 0. The van der Waals surface area contributed by atoms with Gasteiger partial charge in [-0.15, -0.1) is 17.0 Å². The quantitative estimate of drug-likeness (QED) is 0.0613. The summed E-state index contributed by atoms with van der Waals surface area (Å²) in [6, 6.07) is 0. The Kier molecular flexibility index (Phi) is 42.1. The lowest BCUT2D eigenvalue weighted by Crippen LogP contribution is -2.44. The Balaban J connectivity index is 0. The summed E-state index contributed by atoms with van der Waals surface area (Å²) in [7, 11) is 0. The molecule has 0 rings (SSSR count). The largest absolute Gasteiger partial charge is 0.394 e. The molecule has 0 aliphatic heterocycles. The maximum absolute atomic E-state index is 10.1. The number of unbranched alkanes of at least 4 members (excludes halogenated alkanes) is 30. The number of hydrogen-bond acceptors (Lipinski definition) is 4. The van der Waals surface area contributed by atoms with Crippen LogP contribution in [0.25, 0.3) is 0 Å². The van der Waals surface area contributed by atoms with E-state index >= 15 is 0 Å². The number of rotatable bonds is 40. The van der Waals surface area contributed by atoms with Crippen LogP contribution < -0.4 is 5.73 Å². The van der Waals surface area contributed by atoms with E-state index in [-0.39, 0.29) is 41.3 Å². The van der Waals surface area contributed by atoms with E-state index in [0.29, 0.717) is 13.0 Å². The Morgan fingerprint density at radius 1 is 0.417 bits per heavy atom. The van der Waals surface area contributed by atoms with Gasteiger partial charge in [-0.2, -0.15) is 0 Å². The van der Waals surface area contributed by atoms with Crippen LogP contribution in [0.3, 0.4) is 0 Å². The molecule has 0 aromatic rings. The second-order valence-corrected chi connectivity index (χ2v) is 15.8. The predicted octanol–water partition coefficient (Wildman–Crippen LogP) is 14.0. The molecule has 2 unspecified atom stereocenters. The van der Waals surface area contributed by atoms with Gasteiger partial charge in [-0.25, -0.2) is 0 Å². The lowest BCUT2D eigenvalue weighted by atomic mass is 9.95.